The van der Waals surface area contributed by atoms with Crippen molar-refractivity contribution in [1.29, 1.82) is 0 Å². The topological polar surface area (TPSA) is 0 Å². The lowest BCUT2D eigenvalue weighted by Crippen LogP contribution is -1.89. The van der Waals surface area contributed by atoms with Crippen LogP contribution in [0.15, 0.2) is 48.6 Å². The lowest BCUT2D eigenvalue weighted by atomic mass is 9.98. The van der Waals surface area contributed by atoms with Crippen molar-refractivity contribution < 1.29 is 0 Å². The molecule has 1 atom stereocenters. The molecule has 1 aliphatic rings. The first-order valence-corrected chi connectivity index (χ1v) is 5.79. The van der Waals surface area contributed by atoms with Crippen LogP contribution in [0.25, 0.3) is 5.57 Å². The van der Waals surface area contributed by atoms with E-state index in [1.807, 2.05) is 6.08 Å². The summed E-state index contributed by atoms with van der Waals surface area (Å²) < 4.78 is 0. The van der Waals surface area contributed by atoms with E-state index in [9.17, 15) is 0 Å². The molecule has 0 aliphatic heterocycles. The van der Waals surface area contributed by atoms with E-state index in [1.165, 1.54) is 27.8 Å². The molecule has 1 aromatic carbocycles. The molecule has 0 radical (unpaired) electrons. The van der Waals surface area contributed by atoms with E-state index < -0.39 is 0 Å². The van der Waals surface area contributed by atoms with E-state index in [2.05, 4.69) is 57.7 Å². The zero-order valence-corrected chi connectivity index (χ0v) is 10.2. The monoisotopic (exact) mass is 210 g/mol. The fourth-order valence-electron chi connectivity index (χ4n) is 2.55. The highest BCUT2D eigenvalue weighted by Crippen LogP contribution is 2.45. The Labute approximate surface area is 98.0 Å². The maximum atomic E-state index is 3.80. The van der Waals surface area contributed by atoms with Crippen molar-refractivity contribution in [2.45, 2.75) is 26.7 Å². The largest absolute Gasteiger partial charge is 0.0990 e. The summed E-state index contributed by atoms with van der Waals surface area (Å²) in [7, 11) is 0. The van der Waals surface area contributed by atoms with Crippen LogP contribution < -0.4 is 0 Å². The molecule has 0 aromatic heterocycles. The van der Waals surface area contributed by atoms with Gasteiger partial charge in [0.05, 0.1) is 0 Å². The van der Waals surface area contributed by atoms with E-state index in [4.69, 9.17) is 0 Å². The summed E-state index contributed by atoms with van der Waals surface area (Å²) in [5.41, 5.74) is 6.90. The molecule has 2 rings (SSSR count). The van der Waals surface area contributed by atoms with Crippen LogP contribution in [0.4, 0.5) is 0 Å². The summed E-state index contributed by atoms with van der Waals surface area (Å²) >= 11 is 0. The Bertz CT molecular complexity index is 487. The number of rotatable bonds is 1. The van der Waals surface area contributed by atoms with Gasteiger partial charge < -0.3 is 0 Å². The first-order chi connectivity index (χ1) is 7.69. The molecular weight excluding hydrogens is 192 g/mol. The maximum Gasteiger partial charge on any atom is 0.00701 e. The van der Waals surface area contributed by atoms with Crippen LogP contribution in [-0.2, 0) is 0 Å². The summed E-state index contributed by atoms with van der Waals surface area (Å²) in [6.45, 7) is 10.3. The van der Waals surface area contributed by atoms with Crippen LogP contribution in [0.3, 0.4) is 0 Å². The Balaban J connectivity index is 2.67. The van der Waals surface area contributed by atoms with Crippen molar-refractivity contribution in [3.63, 3.8) is 0 Å². The molecule has 16 heavy (non-hydrogen) atoms. The van der Waals surface area contributed by atoms with Crippen LogP contribution in [-0.4, -0.2) is 0 Å². The third kappa shape index (κ3) is 1.55. The molecule has 0 N–H and O–H groups in total. The Morgan fingerprint density at radius 2 is 2.06 bits per heavy atom. The third-order valence-corrected chi connectivity index (χ3v) is 3.34. The van der Waals surface area contributed by atoms with Gasteiger partial charge in [-0.25, -0.2) is 0 Å². The number of hydrogen-bond acceptors (Lipinski definition) is 0. The quantitative estimate of drug-likeness (QED) is 0.634. The van der Waals surface area contributed by atoms with E-state index in [0.717, 1.165) is 0 Å². The summed E-state index contributed by atoms with van der Waals surface area (Å²) in [4.78, 5) is 0. The zero-order chi connectivity index (χ0) is 11.7. The Kier molecular flexibility index (Phi) is 2.82. The van der Waals surface area contributed by atoms with E-state index in [0.29, 0.717) is 5.92 Å². The van der Waals surface area contributed by atoms with Gasteiger partial charge in [-0.3, -0.25) is 0 Å². The highest BCUT2D eigenvalue weighted by molar-refractivity contribution is 5.88. The van der Waals surface area contributed by atoms with E-state index in [-0.39, 0.29) is 0 Å². The van der Waals surface area contributed by atoms with Crippen molar-refractivity contribution in [3.8, 4) is 0 Å². The average Bonchev–Trinajstić information content (AvgIpc) is 2.53. The molecule has 0 amide bonds. The second kappa shape index (κ2) is 4.13. The molecule has 0 saturated carbocycles. The Morgan fingerprint density at radius 1 is 1.31 bits per heavy atom. The SMILES string of the molecule is C=C/C=C1\C(=C/C)C(C)c2cc(C)ccc21. The second-order valence-corrected chi connectivity index (χ2v) is 4.37. The fourth-order valence-corrected chi connectivity index (χ4v) is 2.55. The first-order valence-electron chi connectivity index (χ1n) is 5.79. The summed E-state index contributed by atoms with van der Waals surface area (Å²) in [6, 6.07) is 6.71. The van der Waals surface area contributed by atoms with Crippen LogP contribution in [0.5, 0.6) is 0 Å². The predicted octanol–water partition coefficient (Wildman–Crippen LogP) is 4.63. The highest BCUT2D eigenvalue weighted by Gasteiger charge is 2.26. The van der Waals surface area contributed by atoms with Gasteiger partial charge in [0.2, 0.25) is 0 Å². The molecule has 0 spiro atoms. The van der Waals surface area contributed by atoms with Gasteiger partial charge in [0.25, 0.3) is 0 Å². The Morgan fingerprint density at radius 3 is 2.69 bits per heavy atom. The molecule has 0 fully saturated rings. The standard InChI is InChI=1S/C16H18/c1-5-7-14-13(6-2)12(4)16-10-11(3)8-9-15(14)16/h5-10,12H,1H2,2-4H3/b13-6-,14-7+. The summed E-state index contributed by atoms with van der Waals surface area (Å²) in [5.74, 6) is 0.506. The molecule has 0 bridgehead atoms. The van der Waals surface area contributed by atoms with Gasteiger partial charge in [0.15, 0.2) is 0 Å². The number of aryl methyl sites for hydroxylation is 1. The molecule has 1 aliphatic carbocycles. The third-order valence-electron chi connectivity index (χ3n) is 3.34. The van der Waals surface area contributed by atoms with Crippen molar-refractivity contribution >= 4 is 5.57 Å². The number of hydrogen-bond donors (Lipinski definition) is 0. The minimum atomic E-state index is 0.506. The van der Waals surface area contributed by atoms with Crippen LogP contribution in [0.2, 0.25) is 0 Å². The predicted molar refractivity (Wildman–Crippen MR) is 71.5 cm³/mol. The van der Waals surface area contributed by atoms with Gasteiger partial charge in [-0.1, -0.05) is 55.5 Å². The number of fused-ring (bicyclic) bond motifs is 1. The Hall–Kier alpha value is -1.56. The van der Waals surface area contributed by atoms with Crippen LogP contribution in [0, 0.1) is 6.92 Å². The van der Waals surface area contributed by atoms with Crippen molar-refractivity contribution in [1.82, 2.24) is 0 Å². The molecule has 0 heterocycles. The minimum absolute atomic E-state index is 0.506. The molecule has 0 heteroatoms. The normalized spacial score (nSPS) is 23.8. The van der Waals surface area contributed by atoms with Gasteiger partial charge in [-0.05, 0) is 36.1 Å². The molecule has 0 saturated heterocycles. The second-order valence-electron chi connectivity index (χ2n) is 4.37. The van der Waals surface area contributed by atoms with Gasteiger partial charge in [0.1, 0.15) is 0 Å². The molecule has 1 unspecified atom stereocenters. The fraction of sp³-hybridized carbons (Fsp3) is 0.250. The number of allylic oxidation sites excluding steroid dienone is 5. The highest BCUT2D eigenvalue weighted by atomic mass is 14.3. The van der Waals surface area contributed by atoms with E-state index >= 15 is 0 Å². The molecular formula is C16H18. The van der Waals surface area contributed by atoms with Gasteiger partial charge in [-0.2, -0.15) is 0 Å². The number of benzene rings is 1. The zero-order valence-electron chi connectivity index (χ0n) is 10.2. The minimum Gasteiger partial charge on any atom is -0.0990 e. The van der Waals surface area contributed by atoms with Gasteiger partial charge in [-0.15, -0.1) is 0 Å². The smallest absolute Gasteiger partial charge is 0.00701 e. The first kappa shape index (κ1) is 10.9. The molecule has 1 aromatic rings. The van der Waals surface area contributed by atoms with Crippen molar-refractivity contribution in [2.24, 2.45) is 0 Å². The van der Waals surface area contributed by atoms with E-state index in [1.54, 1.807) is 0 Å². The summed E-state index contributed by atoms with van der Waals surface area (Å²) in [5, 5.41) is 0. The van der Waals surface area contributed by atoms with Gasteiger partial charge in [0, 0.05) is 5.92 Å². The molecule has 0 nitrogen and oxygen atoms in total. The average molecular weight is 210 g/mol. The lowest BCUT2D eigenvalue weighted by molar-refractivity contribution is 0.953. The van der Waals surface area contributed by atoms with Crippen LogP contribution >= 0.6 is 0 Å². The van der Waals surface area contributed by atoms with Crippen LogP contribution in [0.1, 0.15) is 36.5 Å². The van der Waals surface area contributed by atoms with Crippen molar-refractivity contribution in [2.75, 3.05) is 0 Å². The van der Waals surface area contributed by atoms with Crippen molar-refractivity contribution in [3.05, 3.63) is 65.3 Å². The lowest BCUT2D eigenvalue weighted by Gasteiger charge is -2.06. The summed E-state index contributed by atoms with van der Waals surface area (Å²) in [6.07, 6.45) is 6.21. The van der Waals surface area contributed by atoms with Gasteiger partial charge >= 0.3 is 0 Å². The maximum absolute atomic E-state index is 3.80. The molecule has 82 valence electrons.